The van der Waals surface area contributed by atoms with Crippen LogP contribution >= 0.6 is 0 Å². The fourth-order valence-corrected chi connectivity index (χ4v) is 7.76. The lowest BCUT2D eigenvalue weighted by Gasteiger charge is -2.19. The summed E-state index contributed by atoms with van der Waals surface area (Å²) in [5.74, 6) is 0. The van der Waals surface area contributed by atoms with Crippen LogP contribution in [0.2, 0.25) is 0 Å². The third kappa shape index (κ3) is 4.84. The summed E-state index contributed by atoms with van der Waals surface area (Å²) in [7, 11) is 0. The first-order valence-electron chi connectivity index (χ1n) is 17.0. The molecule has 9 rings (SSSR count). The molecule has 0 atom stereocenters. The number of benzene rings is 7. The van der Waals surface area contributed by atoms with Crippen molar-refractivity contribution in [2.24, 2.45) is 0 Å². The summed E-state index contributed by atoms with van der Waals surface area (Å²) in [6, 6.07) is 50.5. The lowest BCUT2D eigenvalue weighted by molar-refractivity contribution is 1.17. The Bertz CT molecular complexity index is 3180. The Hall–Kier alpha value is -7.90. The van der Waals surface area contributed by atoms with Crippen molar-refractivity contribution >= 4 is 55.0 Å². The van der Waals surface area contributed by atoms with E-state index in [1.165, 1.54) is 0 Å². The number of fused-ring (bicyclic) bond motifs is 6. The second-order valence-electron chi connectivity index (χ2n) is 13.0. The number of nitrogens with zero attached hydrogens (tertiary/aromatic N) is 6. The number of para-hydroxylation sites is 2. The molecule has 0 N–H and O–H groups in total. The molecule has 2 aromatic heterocycles. The summed E-state index contributed by atoms with van der Waals surface area (Å²) in [5.41, 5.74) is 12.5. The van der Waals surface area contributed by atoms with Crippen molar-refractivity contribution in [3.05, 3.63) is 179 Å². The molecule has 0 spiro atoms. The van der Waals surface area contributed by atoms with Crippen LogP contribution in [0.1, 0.15) is 16.7 Å². The number of rotatable bonds is 4. The highest BCUT2D eigenvalue weighted by molar-refractivity contribution is 6.12. The Morgan fingerprint density at radius 1 is 0.509 bits per heavy atom. The van der Waals surface area contributed by atoms with Gasteiger partial charge in [0.05, 0.1) is 64.2 Å². The fourth-order valence-electron chi connectivity index (χ4n) is 7.76. The number of aromatic nitrogens is 2. The molecule has 0 saturated heterocycles. The molecule has 0 amide bonds. The van der Waals surface area contributed by atoms with Crippen LogP contribution in [-0.2, 0) is 0 Å². The van der Waals surface area contributed by atoms with E-state index >= 15 is 0 Å². The fraction of sp³-hybridized carbons (Fsp3) is 0.0213. The van der Waals surface area contributed by atoms with Crippen LogP contribution < -0.4 is 0 Å². The second kappa shape index (κ2) is 12.2. The SMILES string of the molecule is [C-]#[N+]c1ccc2c(c1)c1ccccc1n2-c1ccc(-c2ccc(C#N)cc2C)cc1-c1cc(-n2c3ccccc3c3cc(C#N)ccc32)ccc1[N+]#[C-]. The van der Waals surface area contributed by atoms with Gasteiger partial charge in [-0.2, -0.15) is 10.5 Å². The van der Waals surface area contributed by atoms with Crippen molar-refractivity contribution in [2.75, 3.05) is 0 Å². The maximum Gasteiger partial charge on any atom is 0.195 e. The van der Waals surface area contributed by atoms with Crippen LogP contribution in [0, 0.1) is 42.7 Å². The number of aryl methyl sites for hydroxylation is 1. The molecule has 0 bridgehead atoms. The molecule has 0 fully saturated rings. The maximum atomic E-state index is 9.71. The molecule has 0 aliphatic carbocycles. The van der Waals surface area contributed by atoms with Gasteiger partial charge in [-0.1, -0.05) is 60.7 Å². The standard InChI is InChI=1S/C47H26N6/c1-29-22-30(27-48)12-17-35(29)32-14-20-46(53-44-11-7-5-9-37(44)41-25-33(50-2)15-21-47(41)53)40(24-32)38-26-34(16-18-42(38)51-3)52-43-10-6-4-8-36(43)39-23-31(28-49)13-19-45(39)52/h4-26H,1H3. The van der Waals surface area contributed by atoms with Crippen LogP contribution in [0.25, 0.3) is 86.9 Å². The summed E-state index contributed by atoms with van der Waals surface area (Å²) in [5, 5.41) is 23.3. The summed E-state index contributed by atoms with van der Waals surface area (Å²) in [6.07, 6.45) is 0. The van der Waals surface area contributed by atoms with Crippen molar-refractivity contribution in [1.82, 2.24) is 9.13 Å². The lowest BCUT2D eigenvalue weighted by Crippen LogP contribution is -2.00. The highest BCUT2D eigenvalue weighted by atomic mass is 15.0. The van der Waals surface area contributed by atoms with E-state index < -0.39 is 0 Å². The Kier molecular flexibility index (Phi) is 7.13. The number of hydrogen-bond acceptors (Lipinski definition) is 2. The van der Waals surface area contributed by atoms with E-state index in [-0.39, 0.29) is 0 Å². The molecule has 0 aliphatic heterocycles. The van der Waals surface area contributed by atoms with Gasteiger partial charge in [0.25, 0.3) is 0 Å². The molecule has 244 valence electrons. The van der Waals surface area contributed by atoms with E-state index in [1.807, 2.05) is 97.9 Å². The summed E-state index contributed by atoms with van der Waals surface area (Å²) < 4.78 is 4.43. The van der Waals surface area contributed by atoms with Crippen LogP contribution in [0.3, 0.4) is 0 Å². The van der Waals surface area contributed by atoms with Crippen molar-refractivity contribution in [2.45, 2.75) is 6.92 Å². The molecular formula is C47H26N6. The molecule has 6 nitrogen and oxygen atoms in total. The lowest BCUT2D eigenvalue weighted by atomic mass is 9.93. The van der Waals surface area contributed by atoms with E-state index in [9.17, 15) is 10.5 Å². The minimum Gasteiger partial charge on any atom is -0.309 e. The smallest absolute Gasteiger partial charge is 0.195 e. The predicted octanol–water partition coefficient (Wildman–Crippen LogP) is 12.4. The van der Waals surface area contributed by atoms with Crippen LogP contribution in [0.5, 0.6) is 0 Å². The monoisotopic (exact) mass is 674 g/mol. The second-order valence-corrected chi connectivity index (χ2v) is 13.0. The normalized spacial score (nSPS) is 11.0. The Morgan fingerprint density at radius 2 is 1.15 bits per heavy atom. The highest BCUT2D eigenvalue weighted by Gasteiger charge is 2.21. The van der Waals surface area contributed by atoms with E-state index in [0.29, 0.717) is 22.5 Å². The first-order valence-corrected chi connectivity index (χ1v) is 17.0. The zero-order chi connectivity index (χ0) is 36.2. The van der Waals surface area contributed by atoms with Gasteiger partial charge < -0.3 is 9.13 Å². The van der Waals surface area contributed by atoms with E-state index in [0.717, 1.165) is 82.8 Å². The first-order chi connectivity index (χ1) is 26.0. The van der Waals surface area contributed by atoms with Gasteiger partial charge in [-0.25, -0.2) is 9.69 Å². The van der Waals surface area contributed by atoms with Gasteiger partial charge in [0.1, 0.15) is 0 Å². The van der Waals surface area contributed by atoms with Gasteiger partial charge in [0.15, 0.2) is 11.4 Å². The highest BCUT2D eigenvalue weighted by Crippen LogP contribution is 2.44. The molecular weight excluding hydrogens is 649 g/mol. The zero-order valence-corrected chi connectivity index (χ0v) is 28.5. The minimum absolute atomic E-state index is 0.507. The van der Waals surface area contributed by atoms with Gasteiger partial charge >= 0.3 is 0 Å². The Balaban J connectivity index is 1.37. The summed E-state index contributed by atoms with van der Waals surface area (Å²) >= 11 is 0. The summed E-state index contributed by atoms with van der Waals surface area (Å²) in [4.78, 5) is 7.77. The van der Waals surface area contributed by atoms with Crippen molar-refractivity contribution < 1.29 is 0 Å². The molecule has 0 radical (unpaired) electrons. The molecule has 0 saturated carbocycles. The first kappa shape index (κ1) is 31.1. The van der Waals surface area contributed by atoms with Gasteiger partial charge in [-0.05, 0) is 119 Å². The minimum atomic E-state index is 0.507. The predicted molar refractivity (Wildman–Crippen MR) is 213 cm³/mol. The van der Waals surface area contributed by atoms with E-state index in [1.54, 1.807) is 0 Å². The largest absolute Gasteiger partial charge is 0.309 e. The molecule has 0 unspecified atom stereocenters. The summed E-state index contributed by atoms with van der Waals surface area (Å²) in [6.45, 7) is 18.1. The van der Waals surface area contributed by atoms with Crippen LogP contribution in [0.4, 0.5) is 11.4 Å². The third-order valence-corrected chi connectivity index (χ3v) is 10.1. The molecule has 9 aromatic rings. The van der Waals surface area contributed by atoms with Crippen LogP contribution in [0.15, 0.2) is 140 Å². The third-order valence-electron chi connectivity index (χ3n) is 10.1. The van der Waals surface area contributed by atoms with Crippen molar-refractivity contribution in [3.63, 3.8) is 0 Å². The van der Waals surface area contributed by atoms with Crippen molar-refractivity contribution in [1.29, 1.82) is 10.5 Å². The molecule has 0 aliphatic rings. The van der Waals surface area contributed by atoms with Crippen LogP contribution in [-0.4, -0.2) is 9.13 Å². The zero-order valence-electron chi connectivity index (χ0n) is 28.5. The Labute approximate surface area is 305 Å². The van der Waals surface area contributed by atoms with Gasteiger partial charge in [-0.15, -0.1) is 0 Å². The molecule has 6 heteroatoms. The number of hydrogen-bond donors (Lipinski definition) is 0. The van der Waals surface area contributed by atoms with Gasteiger partial charge in [0.2, 0.25) is 0 Å². The average Bonchev–Trinajstić information content (AvgIpc) is 3.72. The topological polar surface area (TPSA) is 66.2 Å². The van der Waals surface area contributed by atoms with Crippen molar-refractivity contribution in [3.8, 4) is 45.8 Å². The number of nitriles is 2. The quantitative estimate of drug-likeness (QED) is 0.174. The molecule has 53 heavy (non-hydrogen) atoms. The van der Waals surface area contributed by atoms with Gasteiger partial charge in [0, 0.05) is 21.8 Å². The van der Waals surface area contributed by atoms with E-state index in [2.05, 4.69) is 79.5 Å². The maximum absolute atomic E-state index is 9.71. The molecule has 7 aromatic carbocycles. The average molecular weight is 675 g/mol. The Morgan fingerprint density at radius 3 is 1.87 bits per heavy atom. The molecule has 2 heterocycles. The van der Waals surface area contributed by atoms with E-state index in [4.69, 9.17) is 13.1 Å². The van der Waals surface area contributed by atoms with Gasteiger partial charge in [-0.3, -0.25) is 0 Å².